The predicted octanol–water partition coefficient (Wildman–Crippen LogP) is 3.40. The fraction of sp³-hybridized carbons (Fsp3) is 0.316. The van der Waals surface area contributed by atoms with Crippen LogP contribution in [-0.4, -0.2) is 33.8 Å². The highest BCUT2D eigenvalue weighted by atomic mass is 32.1. The first-order chi connectivity index (χ1) is 13.1. The molecule has 8 heteroatoms. The van der Waals surface area contributed by atoms with Gasteiger partial charge < -0.3 is 5.32 Å². The van der Waals surface area contributed by atoms with Gasteiger partial charge in [0.25, 0.3) is 5.91 Å². The van der Waals surface area contributed by atoms with E-state index >= 15 is 0 Å². The van der Waals surface area contributed by atoms with Gasteiger partial charge in [0.2, 0.25) is 5.95 Å². The number of anilines is 1. The van der Waals surface area contributed by atoms with E-state index < -0.39 is 0 Å². The van der Waals surface area contributed by atoms with Gasteiger partial charge in [-0.2, -0.15) is 10.1 Å². The Bertz CT molecular complexity index is 943. The van der Waals surface area contributed by atoms with Crippen molar-refractivity contribution in [2.75, 3.05) is 18.4 Å². The third kappa shape index (κ3) is 3.91. The number of nitrogens with zero attached hydrogens (tertiary/aromatic N) is 3. The van der Waals surface area contributed by atoms with Crippen LogP contribution in [0.5, 0.6) is 0 Å². The zero-order chi connectivity index (χ0) is 18.8. The normalized spacial score (nSPS) is 15.0. The van der Waals surface area contributed by atoms with E-state index in [2.05, 4.69) is 20.7 Å². The van der Waals surface area contributed by atoms with Gasteiger partial charge in [-0.05, 0) is 55.8 Å². The standard InChI is InChI=1S/C19H20FN5OS/c1-25-19(22-17(24-25)13-8-10-21-11-9-13)23-18(26)16-7-6-15(27-16)12-2-4-14(20)5-3-12/h2-7,13,21H,8-11H2,1H3,(H,22,23,24,26). The number of nitrogens with one attached hydrogen (secondary N) is 2. The Morgan fingerprint density at radius 2 is 1.96 bits per heavy atom. The third-order valence-corrected chi connectivity index (χ3v) is 5.80. The first-order valence-electron chi connectivity index (χ1n) is 8.89. The van der Waals surface area contributed by atoms with Crippen LogP contribution in [0.2, 0.25) is 0 Å². The first-order valence-corrected chi connectivity index (χ1v) is 9.70. The molecule has 0 radical (unpaired) electrons. The van der Waals surface area contributed by atoms with Crippen LogP contribution in [0.3, 0.4) is 0 Å². The molecular formula is C19H20FN5OS. The molecule has 0 atom stereocenters. The molecule has 2 N–H and O–H groups in total. The van der Waals surface area contributed by atoms with E-state index in [1.807, 2.05) is 6.07 Å². The van der Waals surface area contributed by atoms with E-state index in [1.165, 1.54) is 23.5 Å². The number of aryl methyl sites for hydroxylation is 1. The minimum Gasteiger partial charge on any atom is -0.317 e. The van der Waals surface area contributed by atoms with Crippen LogP contribution in [0.1, 0.15) is 34.3 Å². The summed E-state index contributed by atoms with van der Waals surface area (Å²) in [6, 6.07) is 9.87. The molecule has 1 aromatic carbocycles. The van der Waals surface area contributed by atoms with Gasteiger partial charge in [0.05, 0.1) is 4.88 Å². The number of benzene rings is 1. The number of amides is 1. The van der Waals surface area contributed by atoms with Crippen LogP contribution in [-0.2, 0) is 7.05 Å². The van der Waals surface area contributed by atoms with Gasteiger partial charge >= 0.3 is 0 Å². The van der Waals surface area contributed by atoms with Gasteiger partial charge in [0, 0.05) is 17.8 Å². The van der Waals surface area contributed by atoms with Crippen molar-refractivity contribution in [3.05, 3.63) is 52.9 Å². The van der Waals surface area contributed by atoms with Crippen molar-refractivity contribution in [2.45, 2.75) is 18.8 Å². The maximum Gasteiger partial charge on any atom is 0.268 e. The molecule has 6 nitrogen and oxygen atoms in total. The molecule has 27 heavy (non-hydrogen) atoms. The van der Waals surface area contributed by atoms with E-state index in [4.69, 9.17) is 0 Å². The van der Waals surface area contributed by atoms with E-state index in [9.17, 15) is 9.18 Å². The second kappa shape index (κ2) is 7.58. The molecule has 3 aromatic rings. The Hall–Kier alpha value is -2.58. The highest BCUT2D eigenvalue weighted by molar-refractivity contribution is 7.17. The largest absolute Gasteiger partial charge is 0.317 e. The summed E-state index contributed by atoms with van der Waals surface area (Å²) in [5, 5.41) is 10.6. The summed E-state index contributed by atoms with van der Waals surface area (Å²) in [4.78, 5) is 18.6. The minimum atomic E-state index is -0.278. The molecule has 1 saturated heterocycles. The van der Waals surface area contributed by atoms with Crippen molar-refractivity contribution in [3.8, 4) is 10.4 Å². The van der Waals surface area contributed by atoms with Crippen molar-refractivity contribution in [2.24, 2.45) is 7.05 Å². The highest BCUT2D eigenvalue weighted by Gasteiger charge is 2.22. The molecule has 4 rings (SSSR count). The topological polar surface area (TPSA) is 71.8 Å². The van der Waals surface area contributed by atoms with Crippen LogP contribution in [0, 0.1) is 5.82 Å². The number of hydrogen-bond donors (Lipinski definition) is 2. The molecule has 0 saturated carbocycles. The summed E-state index contributed by atoms with van der Waals surface area (Å²) in [5.74, 6) is 1.06. The molecule has 0 spiro atoms. The van der Waals surface area contributed by atoms with Crippen molar-refractivity contribution < 1.29 is 9.18 Å². The quantitative estimate of drug-likeness (QED) is 0.722. The molecule has 0 aliphatic carbocycles. The first kappa shape index (κ1) is 17.8. The lowest BCUT2D eigenvalue weighted by atomic mass is 9.98. The molecule has 1 amide bonds. The zero-order valence-corrected chi connectivity index (χ0v) is 15.7. The second-order valence-electron chi connectivity index (χ2n) is 6.57. The number of halogens is 1. The van der Waals surface area contributed by atoms with Gasteiger partial charge in [-0.3, -0.25) is 10.1 Å². The Morgan fingerprint density at radius 3 is 2.70 bits per heavy atom. The van der Waals surface area contributed by atoms with Crippen LogP contribution in [0.15, 0.2) is 36.4 Å². The highest BCUT2D eigenvalue weighted by Crippen LogP contribution is 2.29. The van der Waals surface area contributed by atoms with Gasteiger partial charge in [-0.15, -0.1) is 11.3 Å². The summed E-state index contributed by atoms with van der Waals surface area (Å²) >= 11 is 1.36. The summed E-state index contributed by atoms with van der Waals surface area (Å²) in [6.07, 6.45) is 2.01. The Morgan fingerprint density at radius 1 is 1.22 bits per heavy atom. The monoisotopic (exact) mass is 385 g/mol. The zero-order valence-electron chi connectivity index (χ0n) is 14.9. The Kier molecular flexibility index (Phi) is 5.00. The predicted molar refractivity (Wildman–Crippen MR) is 104 cm³/mol. The lowest BCUT2D eigenvalue weighted by molar-refractivity contribution is 0.102. The molecular weight excluding hydrogens is 365 g/mol. The van der Waals surface area contributed by atoms with Crippen molar-refractivity contribution in [1.29, 1.82) is 0 Å². The maximum atomic E-state index is 13.1. The number of carbonyl (C=O) groups is 1. The molecule has 0 unspecified atom stereocenters. The average Bonchev–Trinajstić information content (AvgIpc) is 3.31. The fourth-order valence-electron chi connectivity index (χ4n) is 3.16. The summed E-state index contributed by atoms with van der Waals surface area (Å²) < 4.78 is 14.7. The number of piperidine rings is 1. The molecule has 2 aromatic heterocycles. The summed E-state index contributed by atoms with van der Waals surface area (Å²) in [5.41, 5.74) is 0.882. The van der Waals surface area contributed by atoms with Gasteiger partial charge in [0.1, 0.15) is 5.82 Å². The van der Waals surface area contributed by atoms with Crippen LogP contribution in [0.25, 0.3) is 10.4 Å². The summed E-state index contributed by atoms with van der Waals surface area (Å²) in [7, 11) is 1.78. The van der Waals surface area contributed by atoms with Gasteiger partial charge in [-0.1, -0.05) is 12.1 Å². The molecule has 1 fully saturated rings. The average molecular weight is 385 g/mol. The van der Waals surface area contributed by atoms with Crippen molar-refractivity contribution in [3.63, 3.8) is 0 Å². The maximum absolute atomic E-state index is 13.1. The molecule has 140 valence electrons. The van der Waals surface area contributed by atoms with Gasteiger partial charge in [-0.25, -0.2) is 9.07 Å². The minimum absolute atomic E-state index is 0.222. The molecule has 1 aliphatic heterocycles. The summed E-state index contributed by atoms with van der Waals surface area (Å²) in [6.45, 7) is 1.93. The molecule has 3 heterocycles. The molecule has 0 bridgehead atoms. The Labute approximate surface area is 160 Å². The Balaban J connectivity index is 1.48. The number of aromatic nitrogens is 3. The SMILES string of the molecule is Cn1nc(C2CCNCC2)nc1NC(=O)c1ccc(-c2ccc(F)cc2)s1. The lowest BCUT2D eigenvalue weighted by Crippen LogP contribution is -2.27. The van der Waals surface area contributed by atoms with Crippen LogP contribution < -0.4 is 10.6 Å². The van der Waals surface area contributed by atoms with Crippen molar-refractivity contribution >= 4 is 23.2 Å². The van der Waals surface area contributed by atoms with E-state index in [0.717, 1.165) is 42.2 Å². The fourth-order valence-corrected chi connectivity index (χ4v) is 4.07. The van der Waals surface area contributed by atoms with E-state index in [0.29, 0.717) is 16.7 Å². The van der Waals surface area contributed by atoms with Crippen LogP contribution in [0.4, 0.5) is 10.3 Å². The molecule has 1 aliphatic rings. The van der Waals surface area contributed by atoms with E-state index in [-0.39, 0.29) is 11.7 Å². The number of rotatable bonds is 4. The number of hydrogen-bond acceptors (Lipinski definition) is 5. The smallest absolute Gasteiger partial charge is 0.268 e. The third-order valence-electron chi connectivity index (χ3n) is 4.67. The number of thiophene rings is 1. The van der Waals surface area contributed by atoms with Crippen molar-refractivity contribution in [1.82, 2.24) is 20.1 Å². The second-order valence-corrected chi connectivity index (χ2v) is 7.65. The van der Waals surface area contributed by atoms with E-state index in [1.54, 1.807) is 29.9 Å². The lowest BCUT2D eigenvalue weighted by Gasteiger charge is -2.19. The van der Waals surface area contributed by atoms with Crippen LogP contribution >= 0.6 is 11.3 Å². The number of carbonyl (C=O) groups excluding carboxylic acids is 1. The van der Waals surface area contributed by atoms with Gasteiger partial charge in [0.15, 0.2) is 5.82 Å².